The third kappa shape index (κ3) is 3.82. The molecule has 31 heavy (non-hydrogen) atoms. The molecule has 10 heteroatoms. The van der Waals surface area contributed by atoms with E-state index in [0.717, 1.165) is 11.1 Å². The number of non-ortho nitro benzene ring substituents is 1. The summed E-state index contributed by atoms with van der Waals surface area (Å²) in [7, 11) is 1.58. The number of fused-ring (bicyclic) bond motifs is 1. The van der Waals surface area contributed by atoms with Crippen molar-refractivity contribution in [1.82, 2.24) is 9.78 Å². The second-order valence-electron chi connectivity index (χ2n) is 7.09. The van der Waals surface area contributed by atoms with Gasteiger partial charge in [0.25, 0.3) is 11.6 Å². The Bertz CT molecular complexity index is 1190. The monoisotopic (exact) mass is 421 g/mol. The van der Waals surface area contributed by atoms with E-state index < -0.39 is 16.9 Å². The molecule has 0 fully saturated rings. The number of nitrogens with zero attached hydrogens (tertiary/aromatic N) is 3. The third-order valence-corrected chi connectivity index (χ3v) is 5.12. The minimum Gasteiger partial charge on any atom is -0.497 e. The van der Waals surface area contributed by atoms with Crippen molar-refractivity contribution >= 4 is 29.0 Å². The first-order valence-electron chi connectivity index (χ1n) is 9.45. The number of benzene rings is 2. The normalized spacial score (nSPS) is 14.6. The van der Waals surface area contributed by atoms with Crippen molar-refractivity contribution in [3.63, 3.8) is 0 Å². The first-order valence-corrected chi connectivity index (χ1v) is 9.45. The Hall–Kier alpha value is -4.21. The van der Waals surface area contributed by atoms with Crippen LogP contribution in [0.4, 0.5) is 17.2 Å². The van der Waals surface area contributed by atoms with Gasteiger partial charge in [-0.2, -0.15) is 5.10 Å². The minimum atomic E-state index is -0.819. The van der Waals surface area contributed by atoms with Crippen molar-refractivity contribution in [2.75, 3.05) is 17.7 Å². The van der Waals surface area contributed by atoms with Crippen LogP contribution in [0.1, 0.15) is 18.0 Å². The maximum atomic E-state index is 12.6. The molecular formula is C21H19N5O5. The predicted octanol–water partition coefficient (Wildman–Crippen LogP) is 3.30. The van der Waals surface area contributed by atoms with Crippen molar-refractivity contribution in [3.8, 4) is 16.9 Å². The molecular weight excluding hydrogens is 402 g/mol. The van der Waals surface area contributed by atoms with E-state index in [9.17, 15) is 19.7 Å². The molecule has 1 aliphatic heterocycles. The molecule has 1 atom stereocenters. The van der Waals surface area contributed by atoms with Gasteiger partial charge in [0.1, 0.15) is 17.6 Å². The number of anilines is 2. The van der Waals surface area contributed by atoms with Gasteiger partial charge in [-0.05, 0) is 30.2 Å². The first-order chi connectivity index (χ1) is 14.9. The minimum absolute atomic E-state index is 0.127. The number of carbonyl (C=O) groups is 2. The van der Waals surface area contributed by atoms with Gasteiger partial charge in [-0.1, -0.05) is 18.2 Å². The highest BCUT2D eigenvalue weighted by Crippen LogP contribution is 2.36. The van der Waals surface area contributed by atoms with E-state index >= 15 is 0 Å². The van der Waals surface area contributed by atoms with E-state index in [0.29, 0.717) is 22.8 Å². The first kappa shape index (κ1) is 20.1. The number of aromatic nitrogens is 2. The van der Waals surface area contributed by atoms with E-state index in [1.807, 2.05) is 24.3 Å². The molecule has 0 saturated heterocycles. The van der Waals surface area contributed by atoms with E-state index in [-0.39, 0.29) is 18.0 Å². The molecule has 0 bridgehead atoms. The number of ether oxygens (including phenoxy) is 1. The Morgan fingerprint density at radius 3 is 2.71 bits per heavy atom. The van der Waals surface area contributed by atoms with E-state index in [2.05, 4.69) is 15.7 Å². The molecule has 1 aromatic heterocycles. The smallest absolute Gasteiger partial charge is 0.271 e. The van der Waals surface area contributed by atoms with Crippen LogP contribution in [0.5, 0.6) is 5.75 Å². The van der Waals surface area contributed by atoms with Gasteiger partial charge in [0, 0.05) is 17.7 Å². The standard InChI is InChI=1S/C21H19N5O5/c1-12-3-6-14(26(29)30)9-17(12)23-19(27)10-18-21(28)24-20-16(11-22-25(18)20)13-4-7-15(31-2)8-5-13/h3-9,11,18H,10H2,1-2H3,(H,23,27)(H,24,28). The summed E-state index contributed by atoms with van der Waals surface area (Å²) in [4.78, 5) is 35.6. The summed E-state index contributed by atoms with van der Waals surface area (Å²) >= 11 is 0. The van der Waals surface area contributed by atoms with Gasteiger partial charge in [-0.15, -0.1) is 0 Å². The lowest BCUT2D eigenvalue weighted by atomic mass is 10.1. The zero-order chi connectivity index (χ0) is 22.1. The lowest BCUT2D eigenvalue weighted by Gasteiger charge is -2.11. The second kappa shape index (κ2) is 7.90. The maximum Gasteiger partial charge on any atom is 0.271 e. The number of carbonyl (C=O) groups excluding carboxylic acids is 2. The zero-order valence-corrected chi connectivity index (χ0v) is 16.8. The average Bonchev–Trinajstić information content (AvgIpc) is 3.29. The zero-order valence-electron chi connectivity index (χ0n) is 16.8. The number of amides is 2. The van der Waals surface area contributed by atoms with Crippen molar-refractivity contribution < 1.29 is 19.2 Å². The van der Waals surface area contributed by atoms with Crippen LogP contribution < -0.4 is 15.4 Å². The van der Waals surface area contributed by atoms with Crippen LogP contribution in [0, 0.1) is 17.0 Å². The van der Waals surface area contributed by atoms with Crippen LogP contribution in [0.25, 0.3) is 11.1 Å². The molecule has 4 rings (SSSR count). The molecule has 3 aromatic rings. The highest BCUT2D eigenvalue weighted by molar-refractivity contribution is 6.04. The number of aryl methyl sites for hydroxylation is 1. The highest BCUT2D eigenvalue weighted by atomic mass is 16.6. The SMILES string of the molecule is COc1ccc(-c2cnn3c2NC(=O)C3CC(=O)Nc2cc([N+](=O)[O-])ccc2C)cc1. The fourth-order valence-electron chi connectivity index (χ4n) is 3.43. The van der Waals surface area contributed by atoms with Crippen molar-refractivity contribution in [1.29, 1.82) is 0 Å². The van der Waals surface area contributed by atoms with Gasteiger partial charge in [0.2, 0.25) is 5.91 Å². The summed E-state index contributed by atoms with van der Waals surface area (Å²) in [5.41, 5.74) is 2.46. The highest BCUT2D eigenvalue weighted by Gasteiger charge is 2.35. The number of methoxy groups -OCH3 is 1. The molecule has 0 saturated carbocycles. The third-order valence-electron chi connectivity index (χ3n) is 5.12. The predicted molar refractivity (Wildman–Crippen MR) is 113 cm³/mol. The largest absolute Gasteiger partial charge is 0.497 e. The Kier molecular flexibility index (Phi) is 5.12. The van der Waals surface area contributed by atoms with Gasteiger partial charge in [0.05, 0.1) is 30.3 Å². The molecule has 2 heterocycles. The van der Waals surface area contributed by atoms with Crippen molar-refractivity contribution in [2.45, 2.75) is 19.4 Å². The molecule has 0 radical (unpaired) electrons. The molecule has 1 unspecified atom stereocenters. The maximum absolute atomic E-state index is 12.6. The number of nitro groups is 1. The van der Waals surface area contributed by atoms with E-state index in [1.54, 1.807) is 26.3 Å². The summed E-state index contributed by atoms with van der Waals surface area (Å²) in [5.74, 6) is 0.434. The number of nitro benzene ring substituents is 1. The summed E-state index contributed by atoms with van der Waals surface area (Å²) in [6, 6.07) is 10.7. The summed E-state index contributed by atoms with van der Waals surface area (Å²) in [5, 5.41) is 20.7. The molecule has 0 aliphatic carbocycles. The molecule has 2 amide bonds. The Morgan fingerprint density at radius 2 is 2.03 bits per heavy atom. The number of nitrogens with one attached hydrogen (secondary N) is 2. The van der Waals surface area contributed by atoms with Gasteiger partial charge in [-0.25, -0.2) is 4.68 Å². The summed E-state index contributed by atoms with van der Waals surface area (Å²) in [6.07, 6.45) is 1.47. The fourth-order valence-corrected chi connectivity index (χ4v) is 3.43. The van der Waals surface area contributed by atoms with Crippen LogP contribution in [-0.4, -0.2) is 33.6 Å². The van der Waals surface area contributed by atoms with Crippen molar-refractivity contribution in [3.05, 3.63) is 64.3 Å². The fraction of sp³-hybridized carbons (Fsp3) is 0.190. The number of hydrogen-bond acceptors (Lipinski definition) is 6. The van der Waals surface area contributed by atoms with Crippen molar-refractivity contribution in [2.24, 2.45) is 0 Å². The summed E-state index contributed by atoms with van der Waals surface area (Å²) < 4.78 is 6.65. The average molecular weight is 421 g/mol. The topological polar surface area (TPSA) is 128 Å². The molecule has 0 spiro atoms. The quantitative estimate of drug-likeness (QED) is 0.464. The lowest BCUT2D eigenvalue weighted by Crippen LogP contribution is -2.23. The Morgan fingerprint density at radius 1 is 1.29 bits per heavy atom. The van der Waals surface area contributed by atoms with Crippen LogP contribution in [-0.2, 0) is 9.59 Å². The van der Waals surface area contributed by atoms with E-state index in [1.165, 1.54) is 16.8 Å². The molecule has 158 valence electrons. The van der Waals surface area contributed by atoms with Crippen LogP contribution in [0.3, 0.4) is 0 Å². The molecule has 10 nitrogen and oxygen atoms in total. The van der Waals surface area contributed by atoms with E-state index in [4.69, 9.17) is 4.74 Å². The Labute approximate surface area is 177 Å². The van der Waals surface area contributed by atoms with Gasteiger partial charge < -0.3 is 15.4 Å². The molecule has 2 aromatic carbocycles. The van der Waals surface area contributed by atoms with Gasteiger partial charge in [-0.3, -0.25) is 19.7 Å². The van der Waals surface area contributed by atoms with Crippen LogP contribution in [0.2, 0.25) is 0 Å². The lowest BCUT2D eigenvalue weighted by molar-refractivity contribution is -0.384. The van der Waals surface area contributed by atoms with Crippen LogP contribution in [0.15, 0.2) is 48.7 Å². The van der Waals surface area contributed by atoms with Gasteiger partial charge in [0.15, 0.2) is 0 Å². The summed E-state index contributed by atoms with van der Waals surface area (Å²) in [6.45, 7) is 1.73. The van der Waals surface area contributed by atoms with Gasteiger partial charge >= 0.3 is 0 Å². The molecule has 2 N–H and O–H groups in total. The number of rotatable bonds is 6. The number of hydrogen-bond donors (Lipinski definition) is 2. The Balaban J connectivity index is 1.53. The second-order valence-corrected chi connectivity index (χ2v) is 7.09. The van der Waals surface area contributed by atoms with Crippen LogP contribution >= 0.6 is 0 Å². The molecule has 1 aliphatic rings.